The second-order valence-corrected chi connectivity index (χ2v) is 3.18. The van der Waals surface area contributed by atoms with Gasteiger partial charge < -0.3 is 10.7 Å². The van der Waals surface area contributed by atoms with Gasteiger partial charge in [0.15, 0.2) is 0 Å². The molecule has 4 nitrogen and oxygen atoms in total. The van der Waals surface area contributed by atoms with Gasteiger partial charge in [-0.25, -0.2) is 4.98 Å². The molecular formula is C8H11N3O. The molecule has 0 aromatic carbocycles. The van der Waals surface area contributed by atoms with Crippen LogP contribution in [0.4, 0.5) is 5.69 Å². The molecule has 0 amide bonds. The number of rotatable bonds is 1. The van der Waals surface area contributed by atoms with Crippen molar-refractivity contribution in [3.63, 3.8) is 0 Å². The fourth-order valence-corrected chi connectivity index (χ4v) is 1.31. The molecule has 1 aliphatic carbocycles. The van der Waals surface area contributed by atoms with E-state index < -0.39 is 0 Å². The number of hydrogen-bond donors (Lipinski definition) is 2. The third-order valence-electron chi connectivity index (χ3n) is 2.34. The Morgan fingerprint density at radius 3 is 2.83 bits per heavy atom. The summed E-state index contributed by atoms with van der Waals surface area (Å²) >= 11 is 0. The fraction of sp³-hybridized carbons (Fsp3) is 0.500. The molecule has 1 saturated carbocycles. The average molecular weight is 165 g/mol. The summed E-state index contributed by atoms with van der Waals surface area (Å²) in [4.78, 5) is 17.8. The maximum Gasteiger partial charge on any atom is 0.274 e. The van der Waals surface area contributed by atoms with E-state index in [-0.39, 0.29) is 11.2 Å². The maximum absolute atomic E-state index is 11.1. The molecule has 0 bridgehead atoms. The van der Waals surface area contributed by atoms with Crippen LogP contribution in [0.25, 0.3) is 0 Å². The lowest BCUT2D eigenvalue weighted by atomic mass is 9.85. The zero-order chi connectivity index (χ0) is 8.55. The predicted octanol–water partition coefficient (Wildman–Crippen LogP) is 0.620. The van der Waals surface area contributed by atoms with E-state index in [1.165, 1.54) is 12.6 Å². The summed E-state index contributed by atoms with van der Waals surface area (Å²) < 4.78 is 0. The molecule has 3 N–H and O–H groups in total. The average Bonchev–Trinajstić information content (AvgIpc) is 1.93. The summed E-state index contributed by atoms with van der Waals surface area (Å²) in [6.45, 7) is 0. The number of aromatic amines is 1. The van der Waals surface area contributed by atoms with Crippen molar-refractivity contribution in [3.05, 3.63) is 22.4 Å². The van der Waals surface area contributed by atoms with Gasteiger partial charge in [-0.05, 0) is 12.8 Å². The van der Waals surface area contributed by atoms with Crippen molar-refractivity contribution in [2.24, 2.45) is 0 Å². The second kappa shape index (κ2) is 2.62. The first-order chi connectivity index (χ1) is 5.77. The zero-order valence-corrected chi connectivity index (χ0v) is 6.71. The van der Waals surface area contributed by atoms with Gasteiger partial charge in [0.25, 0.3) is 5.56 Å². The van der Waals surface area contributed by atoms with Crippen LogP contribution < -0.4 is 11.3 Å². The Morgan fingerprint density at radius 1 is 1.58 bits per heavy atom. The Hall–Kier alpha value is -1.32. The van der Waals surface area contributed by atoms with Crippen LogP contribution in [-0.4, -0.2) is 9.97 Å². The summed E-state index contributed by atoms with van der Waals surface area (Å²) in [5.74, 6) is 1.25. The molecule has 2 rings (SSSR count). The van der Waals surface area contributed by atoms with Crippen LogP contribution in [0, 0.1) is 0 Å². The molecule has 1 aromatic rings. The number of nitrogens with one attached hydrogen (secondary N) is 1. The minimum Gasteiger partial charge on any atom is -0.393 e. The van der Waals surface area contributed by atoms with Gasteiger partial charge in [0.2, 0.25) is 0 Å². The Balaban J connectivity index is 2.33. The van der Waals surface area contributed by atoms with Crippen molar-refractivity contribution in [2.45, 2.75) is 25.2 Å². The first-order valence-electron chi connectivity index (χ1n) is 4.12. The minimum atomic E-state index is -0.216. The van der Waals surface area contributed by atoms with Gasteiger partial charge in [-0.15, -0.1) is 0 Å². The van der Waals surface area contributed by atoms with Crippen molar-refractivity contribution in [2.75, 3.05) is 5.73 Å². The lowest BCUT2D eigenvalue weighted by molar-refractivity contribution is 0.400. The number of aromatic nitrogens is 2. The first kappa shape index (κ1) is 7.34. The first-order valence-corrected chi connectivity index (χ1v) is 4.12. The van der Waals surface area contributed by atoms with E-state index in [9.17, 15) is 4.79 Å². The van der Waals surface area contributed by atoms with Crippen LogP contribution in [0.5, 0.6) is 0 Å². The van der Waals surface area contributed by atoms with E-state index in [2.05, 4.69) is 9.97 Å². The van der Waals surface area contributed by atoms with Gasteiger partial charge >= 0.3 is 0 Å². The van der Waals surface area contributed by atoms with Crippen LogP contribution in [0.1, 0.15) is 31.0 Å². The predicted molar refractivity (Wildman–Crippen MR) is 45.9 cm³/mol. The van der Waals surface area contributed by atoms with Crippen LogP contribution in [0.2, 0.25) is 0 Å². The van der Waals surface area contributed by atoms with E-state index in [1.54, 1.807) is 0 Å². The minimum absolute atomic E-state index is 0.193. The standard InChI is InChI=1S/C8H11N3O/c9-6-4-10-7(11-8(6)12)5-2-1-3-5/h4-5H,1-3,9H2,(H,10,11,12). The molecule has 0 saturated heterocycles. The molecule has 0 unspecified atom stereocenters. The van der Waals surface area contributed by atoms with Crippen molar-refractivity contribution in [1.29, 1.82) is 0 Å². The van der Waals surface area contributed by atoms with Crippen LogP contribution >= 0.6 is 0 Å². The van der Waals surface area contributed by atoms with E-state index in [1.807, 2.05) is 0 Å². The SMILES string of the molecule is Nc1cnc(C2CCC2)[nH]c1=O. The second-order valence-electron chi connectivity index (χ2n) is 3.18. The topological polar surface area (TPSA) is 71.8 Å². The van der Waals surface area contributed by atoms with Gasteiger partial charge in [0, 0.05) is 5.92 Å². The number of hydrogen-bond acceptors (Lipinski definition) is 3. The zero-order valence-electron chi connectivity index (χ0n) is 6.71. The lowest BCUT2D eigenvalue weighted by Gasteiger charge is -2.23. The Morgan fingerprint density at radius 2 is 2.33 bits per heavy atom. The summed E-state index contributed by atoms with van der Waals surface area (Å²) in [5.41, 5.74) is 5.32. The number of nitrogens with zero attached hydrogens (tertiary/aromatic N) is 1. The van der Waals surface area contributed by atoms with E-state index >= 15 is 0 Å². The third-order valence-corrected chi connectivity index (χ3v) is 2.34. The van der Waals surface area contributed by atoms with Crippen molar-refractivity contribution in [3.8, 4) is 0 Å². The highest BCUT2D eigenvalue weighted by Gasteiger charge is 2.21. The monoisotopic (exact) mass is 165 g/mol. The van der Waals surface area contributed by atoms with Crippen molar-refractivity contribution >= 4 is 5.69 Å². The van der Waals surface area contributed by atoms with Crippen LogP contribution in [0.15, 0.2) is 11.0 Å². The van der Waals surface area contributed by atoms with Gasteiger partial charge in [-0.2, -0.15) is 0 Å². The Kier molecular flexibility index (Phi) is 1.60. The molecular weight excluding hydrogens is 154 g/mol. The van der Waals surface area contributed by atoms with Gasteiger partial charge in [-0.3, -0.25) is 4.79 Å². The molecule has 1 aromatic heterocycles. The van der Waals surface area contributed by atoms with Crippen molar-refractivity contribution in [1.82, 2.24) is 9.97 Å². The quantitative estimate of drug-likeness (QED) is 0.640. The highest BCUT2D eigenvalue weighted by molar-refractivity contribution is 5.30. The fourth-order valence-electron chi connectivity index (χ4n) is 1.31. The van der Waals surface area contributed by atoms with E-state index in [0.29, 0.717) is 5.92 Å². The van der Waals surface area contributed by atoms with Gasteiger partial charge in [0.05, 0.1) is 6.20 Å². The number of nitrogens with two attached hydrogens (primary N) is 1. The summed E-state index contributed by atoms with van der Waals surface area (Å²) in [6.07, 6.45) is 4.94. The summed E-state index contributed by atoms with van der Waals surface area (Å²) in [5, 5.41) is 0. The normalized spacial score (nSPS) is 17.3. The smallest absolute Gasteiger partial charge is 0.274 e. The molecule has 1 aliphatic rings. The summed E-state index contributed by atoms with van der Waals surface area (Å²) in [7, 11) is 0. The molecule has 0 aliphatic heterocycles. The van der Waals surface area contributed by atoms with Gasteiger partial charge in [-0.1, -0.05) is 6.42 Å². The molecule has 12 heavy (non-hydrogen) atoms. The van der Waals surface area contributed by atoms with Crippen LogP contribution in [-0.2, 0) is 0 Å². The molecule has 1 fully saturated rings. The molecule has 0 spiro atoms. The number of nitrogen functional groups attached to an aromatic ring is 1. The third kappa shape index (κ3) is 1.09. The largest absolute Gasteiger partial charge is 0.393 e. The Bertz CT molecular complexity index is 340. The van der Waals surface area contributed by atoms with Gasteiger partial charge in [0.1, 0.15) is 11.5 Å². The maximum atomic E-state index is 11.1. The number of anilines is 1. The van der Waals surface area contributed by atoms with Crippen LogP contribution in [0.3, 0.4) is 0 Å². The summed E-state index contributed by atoms with van der Waals surface area (Å²) in [6, 6.07) is 0. The Labute approximate surface area is 69.8 Å². The highest BCUT2D eigenvalue weighted by Crippen LogP contribution is 2.33. The molecule has 4 heteroatoms. The highest BCUT2D eigenvalue weighted by atomic mass is 16.1. The van der Waals surface area contributed by atoms with Crippen molar-refractivity contribution < 1.29 is 0 Å². The molecule has 0 atom stereocenters. The number of H-pyrrole nitrogens is 1. The molecule has 1 heterocycles. The van der Waals surface area contributed by atoms with E-state index in [0.717, 1.165) is 18.7 Å². The molecule has 64 valence electrons. The van der Waals surface area contributed by atoms with E-state index in [4.69, 9.17) is 5.73 Å². The lowest BCUT2D eigenvalue weighted by Crippen LogP contribution is -2.20. The molecule has 0 radical (unpaired) electrons.